The van der Waals surface area contributed by atoms with E-state index < -0.39 is 29.8 Å². The van der Waals surface area contributed by atoms with Crippen molar-refractivity contribution in [1.82, 2.24) is 4.90 Å². The van der Waals surface area contributed by atoms with Gasteiger partial charge in [-0.1, -0.05) is 54.6 Å². The van der Waals surface area contributed by atoms with Gasteiger partial charge in [-0.05, 0) is 24.3 Å². The van der Waals surface area contributed by atoms with Gasteiger partial charge in [-0.25, -0.2) is 4.79 Å². The third kappa shape index (κ3) is 3.16. The number of nitrogens with zero attached hydrogens (tertiary/aromatic N) is 1. The van der Waals surface area contributed by atoms with E-state index in [0.29, 0.717) is 11.1 Å². The summed E-state index contributed by atoms with van der Waals surface area (Å²) in [5, 5.41) is 0.246. The molecule has 0 fully saturated rings. The maximum Gasteiger partial charge on any atom is 0.331 e. The van der Waals surface area contributed by atoms with Gasteiger partial charge in [0.2, 0.25) is 11.2 Å². The molecular formula is C25H15NO6. The lowest BCUT2D eigenvalue weighted by molar-refractivity contribution is -0.134. The first-order valence-corrected chi connectivity index (χ1v) is 9.82. The molecule has 4 aromatic rings. The van der Waals surface area contributed by atoms with E-state index in [1.165, 1.54) is 12.1 Å². The van der Waals surface area contributed by atoms with Crippen molar-refractivity contribution in [3.05, 3.63) is 100 Å². The molecule has 0 N–H and O–H groups in total. The number of benzene rings is 3. The van der Waals surface area contributed by atoms with Gasteiger partial charge in [0.15, 0.2) is 5.76 Å². The molecule has 0 saturated carbocycles. The molecule has 3 aromatic carbocycles. The number of carbonyl (C=O) groups excluding carboxylic acids is 3. The number of hydrogen-bond acceptors (Lipinski definition) is 6. The highest BCUT2D eigenvalue weighted by Gasteiger charge is 2.37. The first kappa shape index (κ1) is 19.4. The summed E-state index contributed by atoms with van der Waals surface area (Å²) in [4.78, 5) is 51.7. The first-order chi connectivity index (χ1) is 15.5. The van der Waals surface area contributed by atoms with Crippen LogP contribution >= 0.6 is 0 Å². The van der Waals surface area contributed by atoms with Crippen LogP contribution in [-0.2, 0) is 4.79 Å². The Morgan fingerprint density at radius 3 is 2.06 bits per heavy atom. The number of ether oxygens (including phenoxy) is 1. The van der Waals surface area contributed by atoms with Crippen molar-refractivity contribution in [3.8, 4) is 17.1 Å². The highest BCUT2D eigenvalue weighted by atomic mass is 16.5. The highest BCUT2D eigenvalue weighted by Crippen LogP contribution is 2.31. The smallest absolute Gasteiger partial charge is 0.331 e. The lowest BCUT2D eigenvalue weighted by atomic mass is 10.1. The summed E-state index contributed by atoms with van der Waals surface area (Å²) in [5.41, 5.74) is 0.804. The Labute approximate surface area is 181 Å². The van der Waals surface area contributed by atoms with Gasteiger partial charge in [0.1, 0.15) is 12.1 Å². The number of imide groups is 1. The summed E-state index contributed by atoms with van der Waals surface area (Å²) in [6.45, 7) is -0.632. The Morgan fingerprint density at radius 1 is 0.781 bits per heavy atom. The molecule has 1 aliphatic rings. The van der Waals surface area contributed by atoms with Gasteiger partial charge in [0, 0.05) is 5.56 Å². The molecule has 7 heteroatoms. The molecule has 0 atom stereocenters. The Balaban J connectivity index is 1.51. The molecule has 0 bridgehead atoms. The zero-order chi connectivity index (χ0) is 22.2. The molecule has 2 amide bonds. The van der Waals surface area contributed by atoms with E-state index in [0.717, 1.165) is 4.90 Å². The van der Waals surface area contributed by atoms with Crippen molar-refractivity contribution in [2.45, 2.75) is 0 Å². The molecule has 1 aromatic heterocycles. The molecule has 0 unspecified atom stereocenters. The lowest BCUT2D eigenvalue weighted by Gasteiger charge is -2.14. The molecule has 32 heavy (non-hydrogen) atoms. The second-order valence-electron chi connectivity index (χ2n) is 7.17. The van der Waals surface area contributed by atoms with Crippen LogP contribution in [0.15, 0.2) is 88.1 Å². The summed E-state index contributed by atoms with van der Waals surface area (Å²) in [6.07, 6.45) is 0. The van der Waals surface area contributed by atoms with E-state index in [9.17, 15) is 19.2 Å². The van der Waals surface area contributed by atoms with Gasteiger partial charge in [0.05, 0.1) is 16.5 Å². The quantitative estimate of drug-likeness (QED) is 0.366. The predicted octanol–water partition coefficient (Wildman–Crippen LogP) is 3.66. The van der Waals surface area contributed by atoms with E-state index in [1.54, 1.807) is 66.7 Å². The number of hydrogen-bond donors (Lipinski definition) is 0. The molecule has 5 rings (SSSR count). The van der Waals surface area contributed by atoms with Gasteiger partial charge in [-0.3, -0.25) is 19.3 Å². The number of amides is 2. The summed E-state index contributed by atoms with van der Waals surface area (Å²) in [7, 11) is 0. The van der Waals surface area contributed by atoms with Crippen LogP contribution in [0.2, 0.25) is 0 Å². The van der Waals surface area contributed by atoms with Gasteiger partial charge in [0.25, 0.3) is 11.8 Å². The van der Waals surface area contributed by atoms with E-state index in [-0.39, 0.29) is 28.0 Å². The normalized spacial score (nSPS) is 12.8. The number of rotatable bonds is 4. The number of fused-ring (bicyclic) bond motifs is 2. The van der Waals surface area contributed by atoms with Crippen molar-refractivity contribution in [2.75, 3.05) is 6.54 Å². The van der Waals surface area contributed by atoms with E-state index in [2.05, 4.69) is 0 Å². The first-order valence-electron chi connectivity index (χ1n) is 9.82. The maximum atomic E-state index is 13.1. The molecular weight excluding hydrogens is 410 g/mol. The fourth-order valence-corrected chi connectivity index (χ4v) is 3.66. The van der Waals surface area contributed by atoms with Crippen LogP contribution in [0, 0.1) is 0 Å². The Hall–Kier alpha value is -4.52. The SMILES string of the molecule is O=C(CN1C(=O)c2ccccc2C1=O)Oc1c(-c2ccccc2)oc2ccccc2c1=O. The van der Waals surface area contributed by atoms with Crippen molar-refractivity contribution in [3.63, 3.8) is 0 Å². The topological polar surface area (TPSA) is 93.9 Å². The largest absolute Gasteiger partial charge is 0.452 e. The van der Waals surface area contributed by atoms with Crippen LogP contribution in [0.4, 0.5) is 0 Å². The molecule has 0 spiro atoms. The molecule has 7 nitrogen and oxygen atoms in total. The Morgan fingerprint density at radius 2 is 1.38 bits per heavy atom. The van der Waals surface area contributed by atoms with Crippen LogP contribution in [0.3, 0.4) is 0 Å². The van der Waals surface area contributed by atoms with Crippen molar-refractivity contribution in [1.29, 1.82) is 0 Å². The minimum absolute atomic E-state index is 0.0880. The van der Waals surface area contributed by atoms with Crippen molar-refractivity contribution >= 4 is 28.8 Å². The van der Waals surface area contributed by atoms with E-state index in [4.69, 9.17) is 9.15 Å². The van der Waals surface area contributed by atoms with Gasteiger partial charge >= 0.3 is 5.97 Å². The monoisotopic (exact) mass is 425 g/mol. The molecule has 0 aliphatic carbocycles. The number of carbonyl (C=O) groups is 3. The fraction of sp³-hybridized carbons (Fsp3) is 0.0400. The molecule has 2 heterocycles. The van der Waals surface area contributed by atoms with Crippen LogP contribution in [0.25, 0.3) is 22.3 Å². The zero-order valence-electron chi connectivity index (χ0n) is 16.6. The summed E-state index contributed by atoms with van der Waals surface area (Å²) < 4.78 is 11.3. The summed E-state index contributed by atoms with van der Waals surface area (Å²) >= 11 is 0. The fourth-order valence-electron chi connectivity index (χ4n) is 3.66. The average molecular weight is 425 g/mol. The van der Waals surface area contributed by atoms with Crippen molar-refractivity contribution < 1.29 is 23.5 Å². The summed E-state index contributed by atoms with van der Waals surface area (Å²) in [5.74, 6) is -2.31. The van der Waals surface area contributed by atoms with E-state index >= 15 is 0 Å². The third-order valence-electron chi connectivity index (χ3n) is 5.17. The minimum atomic E-state index is -0.931. The summed E-state index contributed by atoms with van der Waals surface area (Å²) in [6, 6.07) is 21.7. The minimum Gasteiger partial charge on any atom is -0.452 e. The van der Waals surface area contributed by atoms with E-state index in [1.807, 2.05) is 0 Å². The molecule has 156 valence electrons. The van der Waals surface area contributed by atoms with Crippen LogP contribution in [0.1, 0.15) is 20.7 Å². The molecule has 0 radical (unpaired) electrons. The maximum absolute atomic E-state index is 13.1. The van der Waals surface area contributed by atoms with Gasteiger partial charge in [-0.2, -0.15) is 0 Å². The third-order valence-corrected chi connectivity index (χ3v) is 5.17. The number of esters is 1. The predicted molar refractivity (Wildman–Crippen MR) is 115 cm³/mol. The standard InChI is InChI=1S/C25H15NO6/c27-20(14-26-24(29)16-10-4-5-11-17(16)25(26)30)32-23-21(28)18-12-6-7-13-19(18)31-22(23)15-8-2-1-3-9-15/h1-13H,14H2. The molecule has 1 aliphatic heterocycles. The van der Waals surface area contributed by atoms with Crippen LogP contribution < -0.4 is 10.2 Å². The second kappa shape index (κ2) is 7.63. The highest BCUT2D eigenvalue weighted by molar-refractivity contribution is 6.22. The number of para-hydroxylation sites is 1. The van der Waals surface area contributed by atoms with Crippen LogP contribution in [0.5, 0.6) is 5.75 Å². The Kier molecular flexibility index (Phi) is 4.63. The zero-order valence-corrected chi connectivity index (χ0v) is 16.6. The van der Waals surface area contributed by atoms with Crippen LogP contribution in [-0.4, -0.2) is 29.2 Å². The van der Waals surface area contributed by atoms with Gasteiger partial charge in [-0.15, -0.1) is 0 Å². The Bertz CT molecular complexity index is 1420. The van der Waals surface area contributed by atoms with Crippen molar-refractivity contribution in [2.24, 2.45) is 0 Å². The average Bonchev–Trinajstić information content (AvgIpc) is 3.06. The van der Waals surface area contributed by atoms with Gasteiger partial charge < -0.3 is 9.15 Å². The lowest BCUT2D eigenvalue weighted by Crippen LogP contribution is -2.37. The second-order valence-corrected chi connectivity index (χ2v) is 7.17. The molecule has 0 saturated heterocycles.